The first-order valence-corrected chi connectivity index (χ1v) is 3.82. The first-order valence-electron chi connectivity index (χ1n) is 3.82. The minimum atomic E-state index is -0.0559. The fourth-order valence-electron chi connectivity index (χ4n) is 2.35. The summed E-state index contributed by atoms with van der Waals surface area (Å²) in [7, 11) is 0. The maximum absolute atomic E-state index is 9.02. The average molecular weight is 137 g/mol. The lowest BCUT2D eigenvalue weighted by Gasteiger charge is -2.54. The van der Waals surface area contributed by atoms with E-state index >= 15 is 0 Å². The molecular weight excluding hydrogens is 126 g/mol. The summed E-state index contributed by atoms with van der Waals surface area (Å²) in [6, 6.07) is 2.26. The molecule has 2 aliphatic carbocycles. The van der Waals surface area contributed by atoms with Crippen LogP contribution in [0.15, 0.2) is 0 Å². The van der Waals surface area contributed by atoms with E-state index in [4.69, 9.17) is 10.4 Å². The van der Waals surface area contributed by atoms with Gasteiger partial charge in [-0.1, -0.05) is 0 Å². The van der Waals surface area contributed by atoms with Gasteiger partial charge in [0.15, 0.2) is 0 Å². The van der Waals surface area contributed by atoms with Gasteiger partial charge in [0.25, 0.3) is 0 Å². The Balaban J connectivity index is 1.86. The maximum Gasteiger partial charge on any atom is 0.0656 e. The minimum Gasteiger partial charge on any atom is -0.393 e. The summed E-state index contributed by atoms with van der Waals surface area (Å²) in [6.45, 7) is 0. The molecule has 0 amide bonds. The van der Waals surface area contributed by atoms with Gasteiger partial charge >= 0.3 is 0 Å². The molecule has 0 unspecified atom stereocenters. The Morgan fingerprint density at radius 2 is 1.90 bits per heavy atom. The van der Waals surface area contributed by atoms with Crippen molar-refractivity contribution in [2.75, 3.05) is 0 Å². The molecule has 2 heteroatoms. The van der Waals surface area contributed by atoms with Crippen molar-refractivity contribution in [3.05, 3.63) is 0 Å². The second-order valence-corrected chi connectivity index (χ2v) is 3.80. The summed E-state index contributed by atoms with van der Waals surface area (Å²) in [5, 5.41) is 17.5. The molecule has 0 radical (unpaired) electrons. The lowest BCUT2D eigenvalue weighted by molar-refractivity contribution is -0.0981. The standard InChI is InChI=1S/C8H11NO/c9-5-6-1-8(2-6)3-7(10)4-8/h6-7,10H,1-4H2. The molecule has 2 aliphatic rings. The number of hydrogen-bond acceptors (Lipinski definition) is 2. The molecule has 0 aliphatic heterocycles. The Bertz CT molecular complexity index is 180. The number of rotatable bonds is 0. The van der Waals surface area contributed by atoms with Gasteiger partial charge in [-0.15, -0.1) is 0 Å². The highest BCUT2D eigenvalue weighted by molar-refractivity contribution is 5.08. The van der Waals surface area contributed by atoms with Crippen molar-refractivity contribution in [2.45, 2.75) is 31.8 Å². The second kappa shape index (κ2) is 1.73. The summed E-state index contributed by atoms with van der Waals surface area (Å²) in [4.78, 5) is 0. The van der Waals surface area contributed by atoms with Gasteiger partial charge in [-0.25, -0.2) is 0 Å². The predicted octanol–water partition coefficient (Wildman–Crippen LogP) is 1.06. The molecule has 1 spiro atoms. The lowest BCUT2D eigenvalue weighted by Crippen LogP contribution is -2.49. The molecule has 2 fully saturated rings. The monoisotopic (exact) mass is 137 g/mol. The fraction of sp³-hybridized carbons (Fsp3) is 0.875. The molecule has 2 nitrogen and oxygen atoms in total. The third kappa shape index (κ3) is 0.674. The van der Waals surface area contributed by atoms with Crippen LogP contribution in [0.25, 0.3) is 0 Å². The molecule has 10 heavy (non-hydrogen) atoms. The third-order valence-electron chi connectivity index (χ3n) is 2.88. The number of nitriles is 1. The number of nitrogens with zero attached hydrogens (tertiary/aromatic N) is 1. The van der Waals surface area contributed by atoms with Crippen molar-refractivity contribution in [2.24, 2.45) is 11.3 Å². The molecule has 0 atom stereocenters. The van der Waals surface area contributed by atoms with Crippen LogP contribution >= 0.6 is 0 Å². The van der Waals surface area contributed by atoms with Crippen molar-refractivity contribution in [1.82, 2.24) is 0 Å². The van der Waals surface area contributed by atoms with E-state index in [-0.39, 0.29) is 6.10 Å². The summed E-state index contributed by atoms with van der Waals surface area (Å²) in [5.74, 6) is 0.299. The molecule has 0 bridgehead atoms. The van der Waals surface area contributed by atoms with Crippen LogP contribution in [0.4, 0.5) is 0 Å². The van der Waals surface area contributed by atoms with Gasteiger partial charge in [-0.2, -0.15) is 5.26 Å². The molecule has 0 aromatic carbocycles. The van der Waals surface area contributed by atoms with Crippen molar-refractivity contribution in [3.63, 3.8) is 0 Å². The van der Waals surface area contributed by atoms with Gasteiger partial charge in [0.1, 0.15) is 0 Å². The summed E-state index contributed by atoms with van der Waals surface area (Å²) in [5.41, 5.74) is 0.416. The number of hydrogen-bond donors (Lipinski definition) is 1. The predicted molar refractivity (Wildman–Crippen MR) is 36.0 cm³/mol. The van der Waals surface area contributed by atoms with Crippen LogP contribution in [0.1, 0.15) is 25.7 Å². The van der Waals surface area contributed by atoms with E-state index in [0.29, 0.717) is 11.3 Å². The maximum atomic E-state index is 9.02. The van der Waals surface area contributed by atoms with Crippen LogP contribution in [0.5, 0.6) is 0 Å². The average Bonchev–Trinajstić information content (AvgIpc) is 1.74. The van der Waals surface area contributed by atoms with Gasteiger partial charge in [0.05, 0.1) is 12.2 Å². The molecule has 54 valence electrons. The Morgan fingerprint density at radius 3 is 2.30 bits per heavy atom. The Hall–Kier alpha value is -0.550. The Morgan fingerprint density at radius 1 is 1.30 bits per heavy atom. The molecular formula is C8H11NO. The minimum absolute atomic E-state index is 0.0559. The third-order valence-corrected chi connectivity index (χ3v) is 2.88. The van der Waals surface area contributed by atoms with E-state index in [0.717, 1.165) is 25.7 Å². The lowest BCUT2D eigenvalue weighted by atomic mass is 9.51. The zero-order chi connectivity index (χ0) is 7.19. The largest absolute Gasteiger partial charge is 0.393 e. The van der Waals surface area contributed by atoms with Gasteiger partial charge in [-0.05, 0) is 31.1 Å². The van der Waals surface area contributed by atoms with E-state index in [1.165, 1.54) is 0 Å². The normalized spacial score (nSPS) is 51.2. The van der Waals surface area contributed by atoms with Crippen LogP contribution in [-0.4, -0.2) is 11.2 Å². The summed E-state index contributed by atoms with van der Waals surface area (Å²) >= 11 is 0. The first kappa shape index (κ1) is 6.18. The highest BCUT2D eigenvalue weighted by atomic mass is 16.3. The Labute approximate surface area is 60.5 Å². The molecule has 0 saturated heterocycles. The van der Waals surface area contributed by atoms with E-state index < -0.39 is 0 Å². The van der Waals surface area contributed by atoms with Gasteiger partial charge in [0, 0.05) is 5.92 Å². The van der Waals surface area contributed by atoms with E-state index in [1.807, 2.05) is 0 Å². The number of aliphatic hydroxyl groups is 1. The van der Waals surface area contributed by atoms with Crippen molar-refractivity contribution in [3.8, 4) is 6.07 Å². The molecule has 0 aromatic heterocycles. The Kier molecular flexibility index (Phi) is 1.07. The van der Waals surface area contributed by atoms with Crippen molar-refractivity contribution >= 4 is 0 Å². The van der Waals surface area contributed by atoms with E-state index in [9.17, 15) is 0 Å². The van der Waals surface area contributed by atoms with Crippen LogP contribution < -0.4 is 0 Å². The van der Waals surface area contributed by atoms with Gasteiger partial charge < -0.3 is 5.11 Å². The highest BCUT2D eigenvalue weighted by Crippen LogP contribution is 2.58. The molecule has 2 saturated carbocycles. The second-order valence-electron chi connectivity index (χ2n) is 3.80. The number of aliphatic hydroxyl groups excluding tert-OH is 1. The molecule has 1 N–H and O–H groups in total. The smallest absolute Gasteiger partial charge is 0.0656 e. The van der Waals surface area contributed by atoms with Gasteiger partial charge in [-0.3, -0.25) is 0 Å². The van der Waals surface area contributed by atoms with Crippen LogP contribution in [0.2, 0.25) is 0 Å². The fourth-order valence-corrected chi connectivity index (χ4v) is 2.35. The van der Waals surface area contributed by atoms with Crippen molar-refractivity contribution in [1.29, 1.82) is 5.26 Å². The van der Waals surface area contributed by atoms with Crippen LogP contribution in [0.3, 0.4) is 0 Å². The van der Waals surface area contributed by atoms with Crippen LogP contribution in [-0.2, 0) is 0 Å². The topological polar surface area (TPSA) is 44.0 Å². The summed E-state index contributed by atoms with van der Waals surface area (Å²) in [6.07, 6.45) is 3.93. The van der Waals surface area contributed by atoms with Crippen molar-refractivity contribution < 1.29 is 5.11 Å². The van der Waals surface area contributed by atoms with Gasteiger partial charge in [0.2, 0.25) is 0 Å². The first-order chi connectivity index (χ1) is 4.74. The molecule has 0 heterocycles. The zero-order valence-electron chi connectivity index (χ0n) is 5.88. The SMILES string of the molecule is N#CC1CC2(CC(O)C2)C1. The zero-order valence-corrected chi connectivity index (χ0v) is 5.88. The quantitative estimate of drug-likeness (QED) is 0.542. The highest BCUT2D eigenvalue weighted by Gasteiger charge is 2.52. The molecule has 0 aromatic rings. The van der Waals surface area contributed by atoms with E-state index in [2.05, 4.69) is 6.07 Å². The van der Waals surface area contributed by atoms with Crippen LogP contribution in [0, 0.1) is 22.7 Å². The summed E-state index contributed by atoms with van der Waals surface area (Å²) < 4.78 is 0. The van der Waals surface area contributed by atoms with E-state index in [1.54, 1.807) is 0 Å². The molecule has 2 rings (SSSR count).